The minimum Gasteiger partial charge on any atom is -0.345 e. The fraction of sp³-hybridized carbons (Fsp3) is 0.917. The highest BCUT2D eigenvalue weighted by atomic mass is 16.2. The molecule has 0 radical (unpaired) electrons. The van der Waals surface area contributed by atoms with Crippen LogP contribution in [0.2, 0.25) is 0 Å². The Balaban J connectivity index is 2.52. The van der Waals surface area contributed by atoms with Crippen LogP contribution < -0.4 is 5.73 Å². The van der Waals surface area contributed by atoms with Crippen LogP contribution in [0.3, 0.4) is 0 Å². The maximum Gasteiger partial charge on any atom is 0.225 e. The van der Waals surface area contributed by atoms with Gasteiger partial charge in [0, 0.05) is 19.5 Å². The zero-order valence-electron chi connectivity index (χ0n) is 10.3. The molecule has 1 aliphatic rings. The molecule has 1 atom stereocenters. The van der Waals surface area contributed by atoms with E-state index in [2.05, 4.69) is 13.8 Å². The Morgan fingerprint density at radius 2 is 2.20 bits per heavy atom. The molecule has 1 saturated carbocycles. The average molecular weight is 212 g/mol. The third kappa shape index (κ3) is 2.94. The highest BCUT2D eigenvalue weighted by Crippen LogP contribution is 2.43. The third-order valence-corrected chi connectivity index (χ3v) is 3.63. The standard InChI is InChI=1S/C12H24N2O/c1-12(2)7-4-6-10(12)11(15)14(3)9-5-8-13/h10H,4-9,13H2,1-3H3. The predicted molar refractivity (Wildman–Crippen MR) is 62.4 cm³/mol. The first-order valence-corrected chi connectivity index (χ1v) is 5.94. The van der Waals surface area contributed by atoms with Crippen LogP contribution in [-0.4, -0.2) is 30.9 Å². The van der Waals surface area contributed by atoms with Crippen LogP contribution >= 0.6 is 0 Å². The second-order valence-corrected chi connectivity index (χ2v) is 5.34. The van der Waals surface area contributed by atoms with Gasteiger partial charge in [0.25, 0.3) is 0 Å². The fourth-order valence-corrected chi connectivity index (χ4v) is 2.49. The van der Waals surface area contributed by atoms with Crippen LogP contribution in [0, 0.1) is 11.3 Å². The summed E-state index contributed by atoms with van der Waals surface area (Å²) in [4.78, 5) is 14.0. The topological polar surface area (TPSA) is 46.3 Å². The largest absolute Gasteiger partial charge is 0.345 e. The molecule has 1 aliphatic carbocycles. The lowest BCUT2D eigenvalue weighted by atomic mass is 9.81. The van der Waals surface area contributed by atoms with Crippen molar-refractivity contribution in [3.05, 3.63) is 0 Å². The van der Waals surface area contributed by atoms with E-state index < -0.39 is 0 Å². The van der Waals surface area contributed by atoms with Gasteiger partial charge in [-0.1, -0.05) is 20.3 Å². The highest BCUT2D eigenvalue weighted by Gasteiger charge is 2.40. The van der Waals surface area contributed by atoms with E-state index in [9.17, 15) is 4.79 Å². The molecule has 88 valence electrons. The van der Waals surface area contributed by atoms with Crippen LogP contribution in [0.1, 0.15) is 39.5 Å². The predicted octanol–water partition coefficient (Wildman–Crippen LogP) is 1.62. The Morgan fingerprint density at radius 3 is 2.67 bits per heavy atom. The first-order valence-electron chi connectivity index (χ1n) is 5.94. The number of nitrogens with zero attached hydrogens (tertiary/aromatic N) is 1. The monoisotopic (exact) mass is 212 g/mol. The van der Waals surface area contributed by atoms with Crippen molar-refractivity contribution in [3.63, 3.8) is 0 Å². The van der Waals surface area contributed by atoms with Crippen LogP contribution in [-0.2, 0) is 4.79 Å². The average Bonchev–Trinajstić information content (AvgIpc) is 2.53. The zero-order chi connectivity index (χ0) is 11.5. The van der Waals surface area contributed by atoms with E-state index in [1.165, 1.54) is 12.8 Å². The quantitative estimate of drug-likeness (QED) is 0.769. The van der Waals surface area contributed by atoms with Gasteiger partial charge in [0.2, 0.25) is 5.91 Å². The summed E-state index contributed by atoms with van der Waals surface area (Å²) in [7, 11) is 1.90. The molecule has 0 bridgehead atoms. The first kappa shape index (κ1) is 12.5. The number of hydrogen-bond donors (Lipinski definition) is 1. The highest BCUT2D eigenvalue weighted by molar-refractivity contribution is 5.79. The summed E-state index contributed by atoms with van der Waals surface area (Å²) in [6.45, 7) is 5.87. The molecule has 0 aromatic heterocycles. The molecule has 2 N–H and O–H groups in total. The molecule has 3 heteroatoms. The molecule has 1 rings (SSSR count). The summed E-state index contributed by atoms with van der Waals surface area (Å²) in [6.07, 6.45) is 4.32. The SMILES string of the molecule is CN(CCCN)C(=O)C1CCCC1(C)C. The molecule has 0 heterocycles. The van der Waals surface area contributed by atoms with E-state index in [1.807, 2.05) is 11.9 Å². The van der Waals surface area contributed by atoms with E-state index in [-0.39, 0.29) is 11.3 Å². The van der Waals surface area contributed by atoms with E-state index >= 15 is 0 Å². The lowest BCUT2D eigenvalue weighted by molar-refractivity contribution is -0.137. The number of carbonyl (C=O) groups is 1. The summed E-state index contributed by atoms with van der Waals surface area (Å²) in [5.74, 6) is 0.534. The molecule has 0 saturated heterocycles. The zero-order valence-corrected chi connectivity index (χ0v) is 10.3. The van der Waals surface area contributed by atoms with Gasteiger partial charge in [0.05, 0.1) is 0 Å². The van der Waals surface area contributed by atoms with Crippen molar-refractivity contribution in [1.29, 1.82) is 0 Å². The van der Waals surface area contributed by atoms with Gasteiger partial charge in [-0.15, -0.1) is 0 Å². The molecule has 0 aliphatic heterocycles. The van der Waals surface area contributed by atoms with E-state index in [0.717, 1.165) is 19.4 Å². The number of nitrogens with two attached hydrogens (primary N) is 1. The molecule has 15 heavy (non-hydrogen) atoms. The number of amides is 1. The second kappa shape index (κ2) is 4.97. The number of carbonyl (C=O) groups excluding carboxylic acids is 1. The van der Waals surface area contributed by atoms with Crippen LogP contribution in [0.5, 0.6) is 0 Å². The Hall–Kier alpha value is -0.570. The van der Waals surface area contributed by atoms with Crippen LogP contribution in [0.15, 0.2) is 0 Å². The summed E-state index contributed by atoms with van der Waals surface area (Å²) in [6, 6.07) is 0. The second-order valence-electron chi connectivity index (χ2n) is 5.34. The van der Waals surface area contributed by atoms with E-state index in [4.69, 9.17) is 5.73 Å². The molecule has 3 nitrogen and oxygen atoms in total. The fourth-order valence-electron chi connectivity index (χ4n) is 2.49. The minimum atomic E-state index is 0.189. The van der Waals surface area contributed by atoms with Crippen molar-refractivity contribution in [3.8, 4) is 0 Å². The molecule has 0 aromatic carbocycles. The minimum absolute atomic E-state index is 0.189. The van der Waals surface area contributed by atoms with Gasteiger partial charge in [-0.3, -0.25) is 4.79 Å². The summed E-state index contributed by atoms with van der Waals surface area (Å²) >= 11 is 0. The first-order chi connectivity index (χ1) is 6.99. The van der Waals surface area contributed by atoms with Gasteiger partial charge in [0.1, 0.15) is 0 Å². The van der Waals surface area contributed by atoms with E-state index in [0.29, 0.717) is 12.5 Å². The lowest BCUT2D eigenvalue weighted by Crippen LogP contribution is -2.38. The lowest BCUT2D eigenvalue weighted by Gasteiger charge is -2.30. The van der Waals surface area contributed by atoms with Gasteiger partial charge in [-0.05, 0) is 31.2 Å². The van der Waals surface area contributed by atoms with Crippen molar-refractivity contribution in [2.45, 2.75) is 39.5 Å². The van der Waals surface area contributed by atoms with Crippen LogP contribution in [0.4, 0.5) is 0 Å². The molecule has 1 fully saturated rings. The van der Waals surface area contributed by atoms with Crippen molar-refractivity contribution in [2.24, 2.45) is 17.1 Å². The molecular formula is C12H24N2O. The van der Waals surface area contributed by atoms with Gasteiger partial charge in [-0.25, -0.2) is 0 Å². The third-order valence-electron chi connectivity index (χ3n) is 3.63. The van der Waals surface area contributed by atoms with Gasteiger partial charge >= 0.3 is 0 Å². The summed E-state index contributed by atoms with van der Waals surface area (Å²) in [5.41, 5.74) is 5.63. The summed E-state index contributed by atoms with van der Waals surface area (Å²) in [5, 5.41) is 0. The molecule has 1 unspecified atom stereocenters. The van der Waals surface area contributed by atoms with Crippen molar-refractivity contribution < 1.29 is 4.79 Å². The maximum absolute atomic E-state index is 12.2. The Labute approximate surface area is 93.0 Å². The van der Waals surface area contributed by atoms with Gasteiger partial charge < -0.3 is 10.6 Å². The van der Waals surface area contributed by atoms with E-state index in [1.54, 1.807) is 0 Å². The van der Waals surface area contributed by atoms with Gasteiger partial charge in [0.15, 0.2) is 0 Å². The molecular weight excluding hydrogens is 188 g/mol. The summed E-state index contributed by atoms with van der Waals surface area (Å²) < 4.78 is 0. The van der Waals surface area contributed by atoms with Crippen LogP contribution in [0.25, 0.3) is 0 Å². The molecule has 0 spiro atoms. The number of hydrogen-bond acceptors (Lipinski definition) is 2. The molecule has 0 aromatic rings. The normalized spacial score (nSPS) is 24.1. The van der Waals surface area contributed by atoms with Crippen molar-refractivity contribution >= 4 is 5.91 Å². The Bertz CT molecular complexity index is 226. The Morgan fingerprint density at radius 1 is 1.53 bits per heavy atom. The number of rotatable bonds is 4. The van der Waals surface area contributed by atoms with Crippen molar-refractivity contribution in [2.75, 3.05) is 20.1 Å². The Kier molecular flexibility index (Phi) is 4.14. The smallest absolute Gasteiger partial charge is 0.225 e. The maximum atomic E-state index is 12.2. The van der Waals surface area contributed by atoms with Gasteiger partial charge in [-0.2, -0.15) is 0 Å². The molecule has 1 amide bonds. The van der Waals surface area contributed by atoms with Crippen molar-refractivity contribution in [1.82, 2.24) is 4.90 Å².